The molecule has 37 heteroatoms. The van der Waals surface area contributed by atoms with Crippen LogP contribution in [0.25, 0.3) is 0 Å². The first kappa shape index (κ1) is 92.8. The summed E-state index contributed by atoms with van der Waals surface area (Å²) in [5, 5.41) is 64.7. The number of aryl methyl sites for hydroxylation is 2. The molecule has 8 bridgehead atoms. The van der Waals surface area contributed by atoms with Crippen LogP contribution < -0.4 is 62.7 Å². The number of halogens is 1. The van der Waals surface area contributed by atoms with Gasteiger partial charge in [-0.05, 0) is 178 Å². The number of aromatic hydroxyl groups is 3. The number of phenols is 3. The summed E-state index contributed by atoms with van der Waals surface area (Å²) in [6, 6.07) is 10.2. The van der Waals surface area contributed by atoms with Gasteiger partial charge in [0.25, 0.3) is 0 Å². The van der Waals surface area contributed by atoms with Gasteiger partial charge in [-0.2, -0.15) is 10.5 Å². The topological polar surface area (TPSA) is 405 Å². The molecule has 2 unspecified atom stereocenters. The molecule has 6 aromatic rings. The Bertz CT molecular complexity index is 5790. The average molecular weight is 1860 g/mol. The van der Waals surface area contributed by atoms with Crippen molar-refractivity contribution in [1.82, 2.24) is 30.2 Å². The second kappa shape index (κ2) is 35.9. The lowest BCUT2D eigenvalue weighted by Crippen LogP contribution is -2.69. The van der Waals surface area contributed by atoms with Crippen molar-refractivity contribution in [3.8, 4) is 92.6 Å². The van der Waals surface area contributed by atoms with E-state index in [9.17, 15) is 49.8 Å². The van der Waals surface area contributed by atoms with Gasteiger partial charge >= 0.3 is 35.8 Å². The lowest BCUT2D eigenvalue weighted by atomic mass is 9.71. The number of methoxy groups -OCH3 is 4. The highest BCUT2D eigenvalue weighted by molar-refractivity contribution is 7.99. The first-order valence-electron chi connectivity index (χ1n) is 42.9. The first-order valence-corrected chi connectivity index (χ1v) is 45.3. The fourth-order valence-electron chi connectivity index (χ4n) is 21.2. The van der Waals surface area contributed by atoms with Crippen LogP contribution in [0.5, 0.6) is 80.5 Å². The predicted octanol–water partition coefficient (Wildman–Crippen LogP) is 13.3. The smallest absolute Gasteiger partial charge is 0.507 e. The summed E-state index contributed by atoms with van der Waals surface area (Å²) in [5.41, 5.74) is 5.45. The SMILES string of the molecule is C=CCOC(=O)Cl.C=CCOC(=O)Oc1c(C)c2c(c3c1[C@H]1SC[C@]4(NCCc5cc(OC(=O)OC(C)(C)C)c(OC)cc54)C(=O)OC[C@@H]3N3C1[C@H]1c4c(cc(C)c(OC)c4O)C[C@@H]([C@@H]3C#N)N1C)OCO2.COc1cc2c(cc1OC(=O)OC(C)(C)C)CCN[C@]21CS[C@@H]2c3c(O)c(C)c4c(c3[C@H](COC1=O)N1C2[C@H]2c3c(cc(C)c(OC)c3O)C[C@@H]([C@@H]1C#N)N2C)OCO4. The number of rotatable bonds is 11. The second-order valence-electron chi connectivity index (χ2n) is 35.9. The standard InChI is InChI=1S/C47H52N4O13S.C43H48N4O11S.C4H5ClO2/c1-10-13-58-44(54)63-39-23(3)40-41(61-21-60-40)33-29-19-59-43(53)47(26-17-30(56-8)31(16-24(26)11-12-49-47)62-45(55)64-46(4,5)6)20-65-42(34(33)39)36-35-32-25(14-22(2)38(57-9)37(32)52)15-27(50(35)7)28(18-48)51(29)36;1-19-11-22-12-24-25(15-44)47-26-16-54-40(50)43(23-14-27(52-7)28(13-21(23)9-10-45-43)57-41(51)58-42(3,4)5)17-59-39(31-30(26)38-37(55-18-56-38)20(2)34(31)48)33(47)32(46(24)6)29(22)35(49)36(19)53-8;1-2-3-7-4(5)6/h10,14,16-17,27-29,35-36,42,49,52H,1,11-13,15,19-21H2,2-9H3;11,13-14,24-26,32-33,39,45,48-49H,9-10,12,16-18H2,1-8H3;2H,1,3H2/t27-,28-,29-,35+,36?,42+,47+;24-,25-,26-,32+,33?,39+,43+;/m00./s1. The molecule has 0 aliphatic carbocycles. The highest BCUT2D eigenvalue weighted by Crippen LogP contribution is 2.68. The van der Waals surface area contributed by atoms with Gasteiger partial charge < -0.3 is 95.8 Å². The number of hydrogen-bond donors (Lipinski definition) is 5. The van der Waals surface area contributed by atoms with Crippen molar-refractivity contribution >= 4 is 71.0 Å². The maximum Gasteiger partial charge on any atom is 0.514 e. The van der Waals surface area contributed by atoms with Crippen LogP contribution in [-0.2, 0) is 74.8 Å². The van der Waals surface area contributed by atoms with Crippen LogP contribution in [0.15, 0.2) is 61.7 Å². The average Bonchev–Trinajstić information content (AvgIpc) is 1.66. The molecule has 14 heterocycles. The second-order valence-corrected chi connectivity index (χ2v) is 38.5. The number of likely N-dealkylation sites (N-methyl/N-ethyl adjacent to an activating group) is 2. The minimum Gasteiger partial charge on any atom is -0.507 e. The number of carbonyl (C=O) groups excluding carboxylic acids is 6. The van der Waals surface area contributed by atoms with Crippen LogP contribution in [-0.4, -0.2) is 225 Å². The predicted molar refractivity (Wildman–Crippen MR) is 475 cm³/mol. The van der Waals surface area contributed by atoms with Gasteiger partial charge in [0.1, 0.15) is 61.2 Å². The van der Waals surface area contributed by atoms with Gasteiger partial charge in [-0.3, -0.25) is 30.2 Å². The molecule has 6 aromatic carbocycles. The molecule has 20 rings (SSSR count). The van der Waals surface area contributed by atoms with Crippen molar-refractivity contribution in [2.24, 2.45) is 0 Å². The van der Waals surface area contributed by atoms with E-state index in [1.807, 2.05) is 40.1 Å². The summed E-state index contributed by atoms with van der Waals surface area (Å²) in [6.07, 6.45) is 2.02. The number of thioether (sulfide) groups is 2. The monoisotopic (exact) mass is 1860 g/mol. The van der Waals surface area contributed by atoms with Gasteiger partial charge in [0, 0.05) is 105 Å². The van der Waals surface area contributed by atoms with Crippen LogP contribution in [0.1, 0.15) is 165 Å². The molecular weight excluding hydrogens is 1760 g/mol. The van der Waals surface area contributed by atoms with Gasteiger partial charge in [-0.15, -0.1) is 23.5 Å². The number of nitriles is 2. The third kappa shape index (κ3) is 15.9. The van der Waals surface area contributed by atoms with Crippen LogP contribution in [0.4, 0.5) is 19.2 Å². The lowest BCUT2D eigenvalue weighted by molar-refractivity contribution is -0.158. The van der Waals surface area contributed by atoms with Gasteiger partial charge in [0.2, 0.25) is 13.6 Å². The number of benzene rings is 6. The van der Waals surface area contributed by atoms with E-state index in [0.29, 0.717) is 129 Å². The molecule has 4 fully saturated rings. The minimum absolute atomic E-state index is 0.0000326. The molecule has 0 aromatic heterocycles. The molecule has 0 radical (unpaired) electrons. The van der Waals surface area contributed by atoms with Gasteiger partial charge in [-0.1, -0.05) is 37.4 Å². The fraction of sp³-hybridized carbons (Fsp3) is 0.489. The van der Waals surface area contributed by atoms with Crippen LogP contribution in [0.3, 0.4) is 0 Å². The number of piperazine rings is 2. The van der Waals surface area contributed by atoms with E-state index in [-0.39, 0.29) is 110 Å². The van der Waals surface area contributed by atoms with E-state index in [1.54, 1.807) is 79.7 Å². The van der Waals surface area contributed by atoms with Gasteiger partial charge in [-0.25, -0.2) is 28.8 Å². The number of ether oxygens (including phenoxy) is 17. The van der Waals surface area contributed by atoms with Crippen molar-refractivity contribution in [3.63, 3.8) is 0 Å². The number of fused-ring (bicyclic) bond motifs is 18. The number of carbonyl (C=O) groups is 6. The third-order valence-corrected chi connectivity index (χ3v) is 29.4. The molecule has 4 saturated heterocycles. The molecule has 5 N–H and O–H groups in total. The zero-order chi connectivity index (χ0) is 93.8. The van der Waals surface area contributed by atoms with Gasteiger partial charge in [0.05, 0.1) is 75.2 Å². The van der Waals surface area contributed by atoms with E-state index < -0.39 is 117 Å². The van der Waals surface area contributed by atoms with E-state index in [1.165, 1.54) is 64.1 Å². The number of nitrogens with zero attached hydrogens (tertiary/aromatic N) is 6. The van der Waals surface area contributed by atoms with Crippen molar-refractivity contribution in [1.29, 1.82) is 10.5 Å². The van der Waals surface area contributed by atoms with Crippen LogP contribution >= 0.6 is 35.1 Å². The zero-order valence-electron chi connectivity index (χ0n) is 75.5. The van der Waals surface area contributed by atoms with Crippen molar-refractivity contribution in [2.75, 3.05) is 107 Å². The Balaban J connectivity index is 0.000000179. The number of esters is 2. The molecule has 131 heavy (non-hydrogen) atoms. The van der Waals surface area contributed by atoms with Crippen molar-refractivity contribution in [3.05, 3.63) is 151 Å². The summed E-state index contributed by atoms with van der Waals surface area (Å²) in [7, 11) is 9.90. The number of phenolic OH excluding ortho intramolecular Hbond substituents is 3. The first-order chi connectivity index (χ1) is 62.5. The highest BCUT2D eigenvalue weighted by Gasteiger charge is 2.65. The fourth-order valence-corrected chi connectivity index (χ4v) is 24.6. The maximum absolute atomic E-state index is 15.1. The van der Waals surface area contributed by atoms with Crippen LogP contribution in [0, 0.1) is 50.4 Å². The molecule has 0 saturated carbocycles. The summed E-state index contributed by atoms with van der Waals surface area (Å²) >= 11 is 7.62. The van der Waals surface area contributed by atoms with Crippen molar-refractivity contribution in [2.45, 2.75) is 188 Å². The normalized spacial score (nSPS) is 26.1. The Kier molecular flexibility index (Phi) is 25.4. The Hall–Kier alpha value is -11.4. The lowest BCUT2D eigenvalue weighted by Gasteiger charge is -2.62. The molecule has 14 aliphatic heterocycles. The maximum atomic E-state index is 15.1. The summed E-state index contributed by atoms with van der Waals surface area (Å²) < 4.78 is 98.5. The highest BCUT2D eigenvalue weighted by atomic mass is 35.5. The Morgan fingerprint density at radius 2 is 0.954 bits per heavy atom. The molecule has 0 amide bonds. The number of hydrogen-bond acceptors (Lipinski definition) is 36. The summed E-state index contributed by atoms with van der Waals surface area (Å²) in [5.74, 6) is 2.37. The van der Waals surface area contributed by atoms with Crippen LogP contribution in [0.2, 0.25) is 0 Å². The van der Waals surface area contributed by atoms with E-state index in [4.69, 9.17) is 87.4 Å². The van der Waals surface area contributed by atoms with E-state index in [2.05, 4.69) is 60.3 Å². The largest absolute Gasteiger partial charge is 0.514 e. The van der Waals surface area contributed by atoms with Crippen molar-refractivity contribution < 1.29 is 125 Å². The molecule has 14 aliphatic rings. The molecule has 14 atom stereocenters. The van der Waals surface area contributed by atoms with E-state index >= 15 is 4.79 Å². The van der Waals surface area contributed by atoms with E-state index in [0.717, 1.165) is 33.4 Å². The zero-order valence-corrected chi connectivity index (χ0v) is 77.9. The summed E-state index contributed by atoms with van der Waals surface area (Å²) in [4.78, 5) is 87.5. The number of nitrogens with one attached hydrogen (secondary N) is 2. The Morgan fingerprint density at radius 3 is 1.36 bits per heavy atom. The Morgan fingerprint density at radius 1 is 0.534 bits per heavy atom. The third-order valence-electron chi connectivity index (χ3n) is 26.4. The Labute approximate surface area is 770 Å². The quantitative estimate of drug-likeness (QED) is 0.0264. The molecule has 34 nitrogen and oxygen atoms in total. The minimum atomic E-state index is -1.49. The molecule has 696 valence electrons. The van der Waals surface area contributed by atoms with Gasteiger partial charge in [0.15, 0.2) is 80.1 Å². The molecular formula is C94H105ClN8O26S2. The molecule has 2 spiro atoms. The summed E-state index contributed by atoms with van der Waals surface area (Å²) in [6.45, 7) is 24.9.